The Morgan fingerprint density at radius 3 is 2.79 bits per heavy atom. The van der Waals surface area contributed by atoms with Crippen LogP contribution in [0.2, 0.25) is 0 Å². The Balaban J connectivity index is 1.49. The van der Waals surface area contributed by atoms with Gasteiger partial charge in [0.15, 0.2) is 5.16 Å². The standard InChI is InChI=1S/C21H19N3O2S3/c1-13-6-3-4-7-14(13)10-22-17(25)12-29-21-23-19-18(20(26)24(21)2)15(11-28-19)16-8-5-9-27-16/h3-9,11H,10,12H2,1-2H3,(H,22,25). The van der Waals surface area contributed by atoms with Crippen LogP contribution in [0, 0.1) is 6.92 Å². The summed E-state index contributed by atoms with van der Waals surface area (Å²) < 4.78 is 1.53. The molecule has 0 bridgehead atoms. The number of nitrogens with one attached hydrogen (secondary N) is 1. The highest BCUT2D eigenvalue weighted by Crippen LogP contribution is 2.34. The zero-order chi connectivity index (χ0) is 20.4. The highest BCUT2D eigenvalue weighted by Gasteiger charge is 2.17. The van der Waals surface area contributed by atoms with Gasteiger partial charge < -0.3 is 5.32 Å². The van der Waals surface area contributed by atoms with Crippen molar-refractivity contribution in [3.63, 3.8) is 0 Å². The Kier molecular flexibility index (Phi) is 5.84. The number of amides is 1. The molecule has 0 fully saturated rings. The first-order valence-corrected chi connectivity index (χ1v) is 11.7. The van der Waals surface area contributed by atoms with Crippen LogP contribution in [0.5, 0.6) is 0 Å². The predicted octanol–water partition coefficient (Wildman–Crippen LogP) is 4.44. The highest BCUT2D eigenvalue weighted by molar-refractivity contribution is 7.99. The molecule has 1 amide bonds. The molecule has 148 valence electrons. The Morgan fingerprint density at radius 2 is 2.03 bits per heavy atom. The molecule has 5 nitrogen and oxygen atoms in total. The molecule has 1 N–H and O–H groups in total. The summed E-state index contributed by atoms with van der Waals surface area (Å²) in [6.45, 7) is 2.52. The molecule has 0 unspecified atom stereocenters. The number of carbonyl (C=O) groups is 1. The van der Waals surface area contributed by atoms with Gasteiger partial charge >= 0.3 is 0 Å². The van der Waals surface area contributed by atoms with Gasteiger partial charge in [0.2, 0.25) is 5.91 Å². The van der Waals surface area contributed by atoms with Crippen molar-refractivity contribution in [1.29, 1.82) is 0 Å². The third kappa shape index (κ3) is 4.14. The Morgan fingerprint density at radius 1 is 1.21 bits per heavy atom. The lowest BCUT2D eigenvalue weighted by Gasteiger charge is -2.09. The third-order valence-corrected chi connectivity index (χ3v) is 7.44. The molecular formula is C21H19N3O2S3. The van der Waals surface area contributed by atoms with Gasteiger partial charge in [-0.05, 0) is 29.5 Å². The van der Waals surface area contributed by atoms with E-state index in [1.54, 1.807) is 18.4 Å². The summed E-state index contributed by atoms with van der Waals surface area (Å²) in [5.74, 6) is 0.124. The van der Waals surface area contributed by atoms with Crippen LogP contribution in [-0.4, -0.2) is 21.2 Å². The van der Waals surface area contributed by atoms with Gasteiger partial charge in [-0.25, -0.2) is 4.98 Å². The van der Waals surface area contributed by atoms with E-state index >= 15 is 0 Å². The van der Waals surface area contributed by atoms with Crippen LogP contribution in [-0.2, 0) is 18.4 Å². The van der Waals surface area contributed by atoms with Crippen LogP contribution in [0.3, 0.4) is 0 Å². The quantitative estimate of drug-likeness (QED) is 0.355. The maximum Gasteiger partial charge on any atom is 0.263 e. The number of rotatable bonds is 6. The first-order valence-electron chi connectivity index (χ1n) is 9.00. The molecule has 8 heteroatoms. The van der Waals surface area contributed by atoms with Crippen molar-refractivity contribution < 1.29 is 4.79 Å². The first-order chi connectivity index (χ1) is 14.0. The molecule has 3 heterocycles. The number of benzene rings is 1. The molecule has 0 spiro atoms. The van der Waals surface area contributed by atoms with E-state index in [0.717, 1.165) is 21.6 Å². The molecular weight excluding hydrogens is 422 g/mol. The van der Waals surface area contributed by atoms with Gasteiger partial charge in [0.05, 0.1) is 11.1 Å². The lowest BCUT2D eigenvalue weighted by Crippen LogP contribution is -2.26. The number of fused-ring (bicyclic) bond motifs is 1. The fourth-order valence-electron chi connectivity index (χ4n) is 2.98. The SMILES string of the molecule is Cc1ccccc1CNC(=O)CSc1nc2scc(-c3cccs3)c2c(=O)n1C. The van der Waals surface area contributed by atoms with Gasteiger partial charge in [0, 0.05) is 29.4 Å². The van der Waals surface area contributed by atoms with Crippen molar-refractivity contribution >= 4 is 50.6 Å². The summed E-state index contributed by atoms with van der Waals surface area (Å²) in [7, 11) is 1.71. The fourth-order valence-corrected chi connectivity index (χ4v) is 5.58. The summed E-state index contributed by atoms with van der Waals surface area (Å²) >= 11 is 4.35. The van der Waals surface area contributed by atoms with Crippen molar-refractivity contribution in [1.82, 2.24) is 14.9 Å². The number of thiophene rings is 2. The molecule has 0 aliphatic carbocycles. The van der Waals surface area contributed by atoms with E-state index in [2.05, 4.69) is 10.3 Å². The molecule has 1 aromatic carbocycles. The third-order valence-electron chi connectivity index (χ3n) is 4.63. The zero-order valence-electron chi connectivity index (χ0n) is 16.0. The van der Waals surface area contributed by atoms with E-state index in [9.17, 15) is 9.59 Å². The number of thioether (sulfide) groups is 1. The van der Waals surface area contributed by atoms with Crippen molar-refractivity contribution in [3.05, 3.63) is 68.6 Å². The van der Waals surface area contributed by atoms with Crippen LogP contribution >= 0.6 is 34.4 Å². The minimum Gasteiger partial charge on any atom is -0.351 e. The van der Waals surface area contributed by atoms with Crippen LogP contribution in [0.1, 0.15) is 11.1 Å². The van der Waals surface area contributed by atoms with Crippen LogP contribution in [0.15, 0.2) is 57.1 Å². The van der Waals surface area contributed by atoms with Gasteiger partial charge in [-0.3, -0.25) is 14.2 Å². The van der Waals surface area contributed by atoms with Crippen molar-refractivity contribution in [3.8, 4) is 10.4 Å². The van der Waals surface area contributed by atoms with E-state index in [0.29, 0.717) is 21.9 Å². The van der Waals surface area contributed by atoms with Crippen LogP contribution in [0.4, 0.5) is 0 Å². The monoisotopic (exact) mass is 441 g/mol. The molecule has 4 rings (SSSR count). The summed E-state index contributed by atoms with van der Waals surface area (Å²) in [4.78, 5) is 31.6. The molecule has 3 aromatic heterocycles. The Labute approximate surface area is 180 Å². The number of aromatic nitrogens is 2. The predicted molar refractivity (Wildman–Crippen MR) is 122 cm³/mol. The average molecular weight is 442 g/mol. The molecule has 0 aliphatic rings. The average Bonchev–Trinajstić information content (AvgIpc) is 3.38. The number of aryl methyl sites for hydroxylation is 1. The second-order valence-corrected chi connectivity index (χ2v) is 9.31. The molecule has 0 saturated carbocycles. The van der Waals surface area contributed by atoms with Gasteiger partial charge in [-0.15, -0.1) is 22.7 Å². The maximum atomic E-state index is 12.9. The van der Waals surface area contributed by atoms with E-state index in [1.165, 1.54) is 27.7 Å². The number of hydrogen-bond acceptors (Lipinski definition) is 6. The minimum atomic E-state index is -0.0851. The van der Waals surface area contributed by atoms with Gasteiger partial charge in [-0.2, -0.15) is 0 Å². The maximum absolute atomic E-state index is 12.9. The second-order valence-electron chi connectivity index (χ2n) is 6.56. The van der Waals surface area contributed by atoms with E-state index in [4.69, 9.17) is 0 Å². The number of nitrogens with zero attached hydrogens (tertiary/aromatic N) is 2. The number of hydrogen-bond donors (Lipinski definition) is 1. The lowest BCUT2D eigenvalue weighted by molar-refractivity contribution is -0.118. The fraction of sp³-hybridized carbons (Fsp3) is 0.190. The van der Waals surface area contributed by atoms with Crippen molar-refractivity contribution in [2.24, 2.45) is 7.05 Å². The minimum absolute atomic E-state index is 0.0810. The van der Waals surface area contributed by atoms with Crippen LogP contribution in [0.25, 0.3) is 20.7 Å². The number of carbonyl (C=O) groups excluding carboxylic acids is 1. The van der Waals surface area contributed by atoms with Crippen molar-refractivity contribution in [2.45, 2.75) is 18.6 Å². The largest absolute Gasteiger partial charge is 0.351 e. The van der Waals surface area contributed by atoms with Gasteiger partial charge in [0.1, 0.15) is 4.83 Å². The first kappa shape index (κ1) is 19.9. The molecule has 0 radical (unpaired) electrons. The zero-order valence-corrected chi connectivity index (χ0v) is 18.4. The highest BCUT2D eigenvalue weighted by atomic mass is 32.2. The Bertz CT molecular complexity index is 1230. The smallest absolute Gasteiger partial charge is 0.263 e. The summed E-state index contributed by atoms with van der Waals surface area (Å²) in [6, 6.07) is 12.0. The van der Waals surface area contributed by atoms with Gasteiger partial charge in [0.25, 0.3) is 5.56 Å². The molecule has 0 atom stereocenters. The van der Waals surface area contributed by atoms with E-state index < -0.39 is 0 Å². The van der Waals surface area contributed by atoms with Crippen molar-refractivity contribution in [2.75, 3.05) is 5.75 Å². The summed E-state index contributed by atoms with van der Waals surface area (Å²) in [5, 5.41) is 8.11. The topological polar surface area (TPSA) is 64.0 Å². The Hall–Kier alpha value is -2.42. The molecule has 0 aliphatic heterocycles. The second kappa shape index (κ2) is 8.52. The lowest BCUT2D eigenvalue weighted by atomic mass is 10.1. The molecule has 0 saturated heterocycles. The van der Waals surface area contributed by atoms with E-state index in [-0.39, 0.29) is 17.2 Å². The van der Waals surface area contributed by atoms with Gasteiger partial charge in [-0.1, -0.05) is 42.1 Å². The normalized spacial score (nSPS) is 11.1. The summed E-state index contributed by atoms with van der Waals surface area (Å²) in [6.07, 6.45) is 0. The molecule has 29 heavy (non-hydrogen) atoms. The van der Waals surface area contributed by atoms with Crippen LogP contribution < -0.4 is 10.9 Å². The molecule has 4 aromatic rings. The van der Waals surface area contributed by atoms with E-state index in [1.807, 2.05) is 54.1 Å². The summed E-state index contributed by atoms with van der Waals surface area (Å²) in [5.41, 5.74) is 3.09.